The van der Waals surface area contributed by atoms with Crippen LogP contribution in [0.3, 0.4) is 0 Å². The van der Waals surface area contributed by atoms with Crippen molar-refractivity contribution in [1.82, 2.24) is 4.98 Å². The first-order chi connectivity index (χ1) is 7.39. The average molecular weight is 241 g/mol. The van der Waals surface area contributed by atoms with Crippen molar-refractivity contribution in [2.45, 2.75) is 25.8 Å². The number of anilines is 1. The van der Waals surface area contributed by atoms with E-state index in [2.05, 4.69) is 18.8 Å². The van der Waals surface area contributed by atoms with E-state index in [1.807, 2.05) is 19.0 Å². The molecule has 2 N–H and O–H groups in total. The van der Waals surface area contributed by atoms with Crippen molar-refractivity contribution in [3.05, 3.63) is 4.88 Å². The first kappa shape index (κ1) is 11.7. The molecule has 0 bridgehead atoms. The lowest BCUT2D eigenvalue weighted by atomic mass is 10.1. The van der Waals surface area contributed by atoms with Crippen molar-refractivity contribution in [2.24, 2.45) is 11.1 Å². The molecule has 1 fully saturated rings. The monoisotopic (exact) mass is 241 g/mol. The summed E-state index contributed by atoms with van der Waals surface area (Å²) in [5.74, 6) is 1.12. The van der Waals surface area contributed by atoms with E-state index in [1.54, 1.807) is 18.4 Å². The first-order valence-electron chi connectivity index (χ1n) is 5.37. The van der Waals surface area contributed by atoms with E-state index in [-0.39, 0.29) is 11.5 Å². The molecule has 1 aliphatic rings. The number of hydrogen-bond acceptors (Lipinski definition) is 5. The quantitative estimate of drug-likeness (QED) is 0.874. The Bertz CT molecular complexity index is 400. The van der Waals surface area contributed by atoms with E-state index >= 15 is 0 Å². The number of aromatic nitrogens is 1. The standard InChI is InChI=1S/C11H19N3OS/c1-11(2)6(8(11)12)7-9(15-5)13-10(16-7)14(3)4/h6,8H,12H2,1-5H3. The Morgan fingerprint density at radius 1 is 1.44 bits per heavy atom. The Hall–Kier alpha value is -0.810. The fraction of sp³-hybridized carbons (Fsp3) is 0.727. The zero-order valence-electron chi connectivity index (χ0n) is 10.4. The second-order valence-electron chi connectivity index (χ2n) is 5.09. The largest absolute Gasteiger partial charge is 0.480 e. The van der Waals surface area contributed by atoms with E-state index in [9.17, 15) is 0 Å². The van der Waals surface area contributed by atoms with E-state index in [0.29, 0.717) is 5.92 Å². The Labute approximate surface area is 100 Å². The fourth-order valence-corrected chi connectivity index (χ4v) is 3.32. The minimum absolute atomic E-state index is 0.170. The molecule has 4 nitrogen and oxygen atoms in total. The summed E-state index contributed by atoms with van der Waals surface area (Å²) in [6.07, 6.45) is 0. The fourth-order valence-electron chi connectivity index (χ4n) is 2.02. The molecule has 1 heterocycles. The van der Waals surface area contributed by atoms with Crippen LogP contribution in [0.5, 0.6) is 5.88 Å². The minimum atomic E-state index is 0.170. The van der Waals surface area contributed by atoms with Gasteiger partial charge in [-0.2, -0.15) is 4.98 Å². The SMILES string of the molecule is COc1nc(N(C)C)sc1C1C(N)C1(C)C. The van der Waals surface area contributed by atoms with Gasteiger partial charge in [-0.25, -0.2) is 0 Å². The van der Waals surface area contributed by atoms with Crippen molar-refractivity contribution < 1.29 is 4.74 Å². The molecule has 2 atom stereocenters. The number of hydrogen-bond donors (Lipinski definition) is 1. The number of nitrogens with zero attached hydrogens (tertiary/aromatic N) is 2. The van der Waals surface area contributed by atoms with E-state index in [1.165, 1.54) is 4.88 Å². The molecule has 90 valence electrons. The van der Waals surface area contributed by atoms with Gasteiger partial charge in [-0.05, 0) is 5.41 Å². The summed E-state index contributed by atoms with van der Waals surface area (Å²) >= 11 is 1.68. The van der Waals surface area contributed by atoms with Gasteiger partial charge in [-0.1, -0.05) is 25.2 Å². The van der Waals surface area contributed by atoms with Crippen molar-refractivity contribution in [1.29, 1.82) is 0 Å². The molecular formula is C11H19N3OS. The van der Waals surface area contributed by atoms with Crippen LogP contribution in [-0.4, -0.2) is 32.2 Å². The lowest BCUT2D eigenvalue weighted by Gasteiger charge is -2.04. The number of ether oxygens (including phenoxy) is 1. The van der Waals surface area contributed by atoms with Gasteiger partial charge in [0.05, 0.1) is 12.0 Å². The zero-order chi connectivity index (χ0) is 12.1. The van der Waals surface area contributed by atoms with E-state index in [4.69, 9.17) is 10.5 Å². The highest BCUT2D eigenvalue weighted by Gasteiger charge is 2.58. The Morgan fingerprint density at radius 2 is 2.00 bits per heavy atom. The van der Waals surface area contributed by atoms with Crippen LogP contribution in [-0.2, 0) is 0 Å². The third-order valence-corrected chi connectivity index (χ3v) is 4.67. The topological polar surface area (TPSA) is 51.4 Å². The number of methoxy groups -OCH3 is 1. The van der Waals surface area contributed by atoms with Crippen molar-refractivity contribution >= 4 is 16.5 Å². The van der Waals surface area contributed by atoms with Gasteiger partial charge in [-0.3, -0.25) is 0 Å². The van der Waals surface area contributed by atoms with Crippen molar-refractivity contribution in [2.75, 3.05) is 26.1 Å². The molecule has 1 aromatic heterocycles. The lowest BCUT2D eigenvalue weighted by molar-refractivity contribution is 0.395. The summed E-state index contributed by atoms with van der Waals surface area (Å²) in [4.78, 5) is 7.64. The van der Waals surface area contributed by atoms with E-state index in [0.717, 1.165) is 11.0 Å². The second-order valence-corrected chi connectivity index (χ2v) is 6.10. The summed E-state index contributed by atoms with van der Waals surface area (Å²) in [5, 5.41) is 0.974. The summed E-state index contributed by atoms with van der Waals surface area (Å²) in [5.41, 5.74) is 6.27. The van der Waals surface area contributed by atoms with E-state index < -0.39 is 0 Å². The summed E-state index contributed by atoms with van der Waals surface area (Å²) in [6.45, 7) is 4.38. The second kappa shape index (κ2) is 3.60. The molecule has 0 radical (unpaired) electrons. The number of nitrogens with two attached hydrogens (primary N) is 1. The maximum Gasteiger partial charge on any atom is 0.229 e. The molecule has 1 aromatic rings. The molecule has 0 amide bonds. The van der Waals surface area contributed by atoms with Crippen LogP contribution in [0, 0.1) is 5.41 Å². The van der Waals surface area contributed by atoms with Gasteiger partial charge >= 0.3 is 0 Å². The first-order valence-corrected chi connectivity index (χ1v) is 6.19. The van der Waals surface area contributed by atoms with Crippen LogP contribution in [0.2, 0.25) is 0 Å². The van der Waals surface area contributed by atoms with Crippen LogP contribution in [0.4, 0.5) is 5.13 Å². The van der Waals surface area contributed by atoms with Crippen molar-refractivity contribution in [3.8, 4) is 5.88 Å². The third kappa shape index (κ3) is 1.58. The highest BCUT2D eigenvalue weighted by atomic mass is 32.1. The lowest BCUT2D eigenvalue weighted by Crippen LogP contribution is -2.07. The molecule has 0 aromatic carbocycles. The summed E-state index contributed by atoms with van der Waals surface area (Å²) < 4.78 is 5.34. The van der Waals surface area contributed by atoms with Gasteiger partial charge < -0.3 is 15.4 Å². The summed E-state index contributed by atoms with van der Waals surface area (Å²) in [6, 6.07) is 0.219. The molecule has 1 saturated carbocycles. The van der Waals surface area contributed by atoms with Crippen LogP contribution in [0.25, 0.3) is 0 Å². The smallest absolute Gasteiger partial charge is 0.229 e. The zero-order valence-corrected chi connectivity index (χ0v) is 11.3. The van der Waals surface area contributed by atoms with Crippen LogP contribution >= 0.6 is 11.3 Å². The molecule has 0 spiro atoms. The molecule has 2 rings (SSSR count). The van der Waals surface area contributed by atoms with Crippen LogP contribution < -0.4 is 15.4 Å². The highest BCUT2D eigenvalue weighted by Crippen LogP contribution is 2.60. The van der Waals surface area contributed by atoms with Gasteiger partial charge in [-0.15, -0.1) is 0 Å². The van der Waals surface area contributed by atoms with Gasteiger partial charge in [0, 0.05) is 26.1 Å². The average Bonchev–Trinajstić information content (AvgIpc) is 2.63. The van der Waals surface area contributed by atoms with Gasteiger partial charge in [0.2, 0.25) is 5.88 Å². The van der Waals surface area contributed by atoms with Crippen LogP contribution in [0.1, 0.15) is 24.6 Å². The molecule has 1 aliphatic carbocycles. The number of thiazole rings is 1. The molecule has 5 heteroatoms. The van der Waals surface area contributed by atoms with Crippen LogP contribution in [0.15, 0.2) is 0 Å². The third-order valence-electron chi connectivity index (χ3n) is 3.38. The van der Waals surface area contributed by atoms with Gasteiger partial charge in [0.15, 0.2) is 5.13 Å². The maximum atomic E-state index is 6.09. The predicted octanol–water partition coefficient (Wildman–Crippen LogP) is 1.67. The predicted molar refractivity (Wildman–Crippen MR) is 67.5 cm³/mol. The normalized spacial score (nSPS) is 26.6. The molecule has 16 heavy (non-hydrogen) atoms. The van der Waals surface area contributed by atoms with Gasteiger partial charge in [0.25, 0.3) is 0 Å². The Kier molecular flexibility index (Phi) is 2.62. The Balaban J connectivity index is 2.34. The molecule has 0 aliphatic heterocycles. The minimum Gasteiger partial charge on any atom is -0.480 e. The number of rotatable bonds is 3. The maximum absolute atomic E-state index is 6.09. The molecule has 0 saturated heterocycles. The summed E-state index contributed by atoms with van der Waals surface area (Å²) in [7, 11) is 5.64. The Morgan fingerprint density at radius 3 is 2.38 bits per heavy atom. The van der Waals surface area contributed by atoms with Gasteiger partial charge in [0.1, 0.15) is 0 Å². The molecular weight excluding hydrogens is 222 g/mol. The van der Waals surface area contributed by atoms with Crippen molar-refractivity contribution in [3.63, 3.8) is 0 Å². The highest BCUT2D eigenvalue weighted by molar-refractivity contribution is 7.16. The molecule has 2 unspecified atom stereocenters.